The van der Waals surface area contributed by atoms with Crippen molar-refractivity contribution >= 4 is 15.9 Å². The van der Waals surface area contributed by atoms with Gasteiger partial charge < -0.3 is 5.11 Å². The molecule has 10 heavy (non-hydrogen) atoms. The lowest BCUT2D eigenvalue weighted by molar-refractivity contribution is 0.0937. The van der Waals surface area contributed by atoms with Crippen LogP contribution in [0.1, 0.15) is 19.3 Å². The minimum Gasteiger partial charge on any atom is -0.384 e. The molecule has 0 aromatic heterocycles. The molecule has 0 amide bonds. The molecule has 0 aromatic rings. The summed E-state index contributed by atoms with van der Waals surface area (Å²) in [4.78, 5) is 0. The number of allylic oxidation sites excluding steroid dienone is 1. The molecule has 0 saturated carbocycles. The largest absolute Gasteiger partial charge is 0.384 e. The fourth-order valence-corrected chi connectivity index (χ4v) is 1.66. The molecule has 0 bridgehead atoms. The molecule has 1 rings (SSSR count). The summed E-state index contributed by atoms with van der Waals surface area (Å²) in [5.74, 6) is 2.46. The lowest BCUT2D eigenvalue weighted by atomic mass is 10.0. The Balaban J connectivity index is 2.71. The molecule has 1 aliphatic rings. The van der Waals surface area contributed by atoms with Crippen LogP contribution < -0.4 is 0 Å². The van der Waals surface area contributed by atoms with Crippen LogP contribution in [0.4, 0.5) is 0 Å². The second kappa shape index (κ2) is 2.77. The van der Waals surface area contributed by atoms with Gasteiger partial charge in [-0.15, -0.1) is 12.3 Å². The van der Waals surface area contributed by atoms with Crippen LogP contribution in [0.3, 0.4) is 0 Å². The van der Waals surface area contributed by atoms with Crippen molar-refractivity contribution in [3.8, 4) is 12.3 Å². The zero-order valence-corrected chi connectivity index (χ0v) is 7.19. The van der Waals surface area contributed by atoms with E-state index < -0.39 is 5.60 Å². The third-order valence-electron chi connectivity index (χ3n) is 1.72. The minimum absolute atomic E-state index is 0.407. The molecule has 0 spiro atoms. The third-order valence-corrected chi connectivity index (χ3v) is 2.78. The van der Waals surface area contributed by atoms with Crippen molar-refractivity contribution in [2.75, 3.05) is 0 Å². The number of terminal acetylenes is 1. The Morgan fingerprint density at radius 2 is 2.60 bits per heavy atom. The van der Waals surface area contributed by atoms with Gasteiger partial charge in [0, 0.05) is 10.9 Å². The molecule has 0 saturated heterocycles. The lowest BCUT2D eigenvalue weighted by Gasteiger charge is -2.19. The molecule has 0 fully saturated rings. The number of aliphatic hydroxyl groups is 1. The summed E-state index contributed by atoms with van der Waals surface area (Å²) in [6.45, 7) is 0. The van der Waals surface area contributed by atoms with E-state index in [1.807, 2.05) is 6.08 Å². The first-order valence-corrected chi connectivity index (χ1v) is 4.00. The van der Waals surface area contributed by atoms with Gasteiger partial charge in [-0.1, -0.05) is 22.0 Å². The molecule has 1 unspecified atom stereocenters. The molecular formula is C8H9BrO. The van der Waals surface area contributed by atoms with Crippen molar-refractivity contribution in [2.24, 2.45) is 0 Å². The van der Waals surface area contributed by atoms with Gasteiger partial charge in [0.05, 0.1) is 0 Å². The van der Waals surface area contributed by atoms with Gasteiger partial charge in [-0.3, -0.25) is 0 Å². The second-order valence-corrected chi connectivity index (χ2v) is 3.36. The highest BCUT2D eigenvalue weighted by atomic mass is 79.9. The average Bonchev–Trinajstić information content (AvgIpc) is 2.15. The Morgan fingerprint density at radius 3 is 3.00 bits per heavy atom. The van der Waals surface area contributed by atoms with E-state index in [-0.39, 0.29) is 0 Å². The Kier molecular flexibility index (Phi) is 2.18. The number of halogens is 1. The maximum Gasteiger partial charge on any atom is 0.107 e. The first-order chi connectivity index (χ1) is 4.69. The van der Waals surface area contributed by atoms with Crippen molar-refractivity contribution < 1.29 is 5.11 Å². The van der Waals surface area contributed by atoms with Gasteiger partial charge in [-0.05, 0) is 12.8 Å². The van der Waals surface area contributed by atoms with Crippen molar-refractivity contribution in [3.63, 3.8) is 0 Å². The summed E-state index contributed by atoms with van der Waals surface area (Å²) in [6.07, 6.45) is 9.14. The van der Waals surface area contributed by atoms with Crippen LogP contribution in [-0.2, 0) is 0 Å². The van der Waals surface area contributed by atoms with Crippen LogP contribution in [0.25, 0.3) is 0 Å². The van der Waals surface area contributed by atoms with E-state index in [0.29, 0.717) is 6.42 Å². The fraction of sp³-hybridized carbons (Fsp3) is 0.500. The number of hydrogen-bond donors (Lipinski definition) is 1. The molecule has 0 radical (unpaired) electrons. The lowest BCUT2D eigenvalue weighted by Crippen LogP contribution is -2.24. The number of hydrogen-bond acceptors (Lipinski definition) is 1. The Bertz CT molecular complexity index is 202. The van der Waals surface area contributed by atoms with Crippen LogP contribution in [0, 0.1) is 12.3 Å². The number of rotatable bonds is 1. The average molecular weight is 201 g/mol. The maximum absolute atomic E-state index is 9.70. The van der Waals surface area contributed by atoms with E-state index in [1.165, 1.54) is 0 Å². The Morgan fingerprint density at radius 1 is 1.90 bits per heavy atom. The van der Waals surface area contributed by atoms with Gasteiger partial charge in [-0.2, -0.15) is 0 Å². The summed E-state index contributed by atoms with van der Waals surface area (Å²) in [6, 6.07) is 0. The van der Waals surface area contributed by atoms with Crippen molar-refractivity contribution in [3.05, 3.63) is 10.6 Å². The van der Waals surface area contributed by atoms with Crippen LogP contribution >= 0.6 is 15.9 Å². The van der Waals surface area contributed by atoms with Crippen LogP contribution in [0.2, 0.25) is 0 Å². The second-order valence-electron chi connectivity index (χ2n) is 2.50. The third kappa shape index (κ3) is 1.25. The standard InChI is InChI=1S/C8H9BrO/c1-2-5-8(10)6-3-4-7(8)9/h1,4,10H,3,5-6H2. The van der Waals surface area contributed by atoms with E-state index >= 15 is 0 Å². The first kappa shape index (κ1) is 7.84. The topological polar surface area (TPSA) is 20.2 Å². The van der Waals surface area contributed by atoms with Crippen molar-refractivity contribution in [1.82, 2.24) is 0 Å². The van der Waals surface area contributed by atoms with Crippen molar-refractivity contribution in [1.29, 1.82) is 0 Å². The van der Waals surface area contributed by atoms with E-state index in [2.05, 4.69) is 21.9 Å². The maximum atomic E-state index is 9.70. The SMILES string of the molecule is C#CCC1(O)CCC=C1Br. The molecule has 0 aliphatic heterocycles. The predicted molar refractivity (Wildman–Crippen MR) is 44.6 cm³/mol. The zero-order chi connectivity index (χ0) is 7.61. The van der Waals surface area contributed by atoms with Crippen molar-refractivity contribution in [2.45, 2.75) is 24.9 Å². The van der Waals surface area contributed by atoms with Gasteiger partial charge in [0.2, 0.25) is 0 Å². The zero-order valence-electron chi connectivity index (χ0n) is 5.60. The quantitative estimate of drug-likeness (QED) is 0.641. The van der Waals surface area contributed by atoms with Gasteiger partial charge in [0.25, 0.3) is 0 Å². The van der Waals surface area contributed by atoms with E-state index in [9.17, 15) is 5.11 Å². The Labute approximate surface area is 69.3 Å². The summed E-state index contributed by atoms with van der Waals surface area (Å²) >= 11 is 3.28. The molecule has 2 heteroatoms. The molecule has 1 atom stereocenters. The van der Waals surface area contributed by atoms with E-state index in [4.69, 9.17) is 6.42 Å². The van der Waals surface area contributed by atoms with Crippen LogP contribution in [0.15, 0.2) is 10.6 Å². The van der Waals surface area contributed by atoms with Gasteiger partial charge in [-0.25, -0.2) is 0 Å². The van der Waals surface area contributed by atoms with Gasteiger partial charge in [0.15, 0.2) is 0 Å². The predicted octanol–water partition coefficient (Wildman–Crippen LogP) is 1.81. The normalized spacial score (nSPS) is 31.5. The molecule has 0 heterocycles. The summed E-state index contributed by atoms with van der Waals surface area (Å²) < 4.78 is 0.845. The monoisotopic (exact) mass is 200 g/mol. The first-order valence-electron chi connectivity index (χ1n) is 3.21. The minimum atomic E-state index is -0.755. The molecule has 1 N–H and O–H groups in total. The van der Waals surface area contributed by atoms with Gasteiger partial charge >= 0.3 is 0 Å². The molecule has 1 nitrogen and oxygen atoms in total. The molecule has 54 valence electrons. The van der Waals surface area contributed by atoms with E-state index in [0.717, 1.165) is 17.3 Å². The summed E-state index contributed by atoms with van der Waals surface area (Å²) in [5, 5.41) is 9.70. The van der Waals surface area contributed by atoms with Crippen LogP contribution in [-0.4, -0.2) is 10.7 Å². The highest BCUT2D eigenvalue weighted by Gasteiger charge is 2.32. The van der Waals surface area contributed by atoms with Gasteiger partial charge in [0.1, 0.15) is 5.60 Å². The summed E-state index contributed by atoms with van der Waals surface area (Å²) in [5.41, 5.74) is -0.755. The van der Waals surface area contributed by atoms with E-state index in [1.54, 1.807) is 0 Å². The fourth-order valence-electron chi connectivity index (χ4n) is 1.09. The van der Waals surface area contributed by atoms with Crippen LogP contribution in [0.5, 0.6) is 0 Å². The smallest absolute Gasteiger partial charge is 0.107 e. The molecule has 1 aliphatic carbocycles. The molecule has 0 aromatic carbocycles. The molecular weight excluding hydrogens is 192 g/mol. The highest BCUT2D eigenvalue weighted by molar-refractivity contribution is 9.11. The summed E-state index contributed by atoms with van der Waals surface area (Å²) in [7, 11) is 0. The Hall–Kier alpha value is -0.260. The highest BCUT2D eigenvalue weighted by Crippen LogP contribution is 2.36.